The van der Waals surface area contributed by atoms with Crippen molar-refractivity contribution < 1.29 is 33.0 Å². The van der Waals surface area contributed by atoms with Gasteiger partial charge in [-0.05, 0) is 43.3 Å². The van der Waals surface area contributed by atoms with E-state index in [0.29, 0.717) is 11.3 Å². The molecule has 0 aliphatic rings. The van der Waals surface area contributed by atoms with Crippen LogP contribution in [0, 0.1) is 0 Å². The molecule has 8 heteroatoms. The second kappa shape index (κ2) is 12.0. The van der Waals surface area contributed by atoms with Gasteiger partial charge in [0, 0.05) is 7.11 Å². The fourth-order valence-electron chi connectivity index (χ4n) is 1.81. The van der Waals surface area contributed by atoms with Crippen LogP contribution in [-0.2, 0) is 23.5 Å². The van der Waals surface area contributed by atoms with Crippen LogP contribution in [0.2, 0.25) is 0 Å². The Morgan fingerprint density at radius 3 is 2.15 bits per heavy atom. The molecule has 1 aromatic rings. The quantitative estimate of drug-likeness (QED) is 0.218. The van der Waals surface area contributed by atoms with Crippen molar-refractivity contribution in [3.63, 3.8) is 0 Å². The molecule has 1 N–H and O–H groups in total. The van der Waals surface area contributed by atoms with Crippen LogP contribution in [0.3, 0.4) is 0 Å². The molecule has 141 valence electrons. The van der Waals surface area contributed by atoms with Gasteiger partial charge in [0.15, 0.2) is 0 Å². The van der Waals surface area contributed by atoms with Gasteiger partial charge in [-0.1, -0.05) is 18.2 Å². The van der Waals surface area contributed by atoms with E-state index in [-0.39, 0.29) is 25.4 Å². The molecule has 0 spiro atoms. The normalized spacial score (nSPS) is 10.7. The molecule has 0 bridgehead atoms. The Balaban J connectivity index is 2.80. The molecule has 26 heavy (non-hydrogen) atoms. The van der Waals surface area contributed by atoms with Crippen molar-refractivity contribution in [1.29, 1.82) is 0 Å². The van der Waals surface area contributed by atoms with Crippen LogP contribution in [0.5, 0.6) is 5.75 Å². The zero-order valence-electron chi connectivity index (χ0n) is 15.1. The summed E-state index contributed by atoms with van der Waals surface area (Å²) < 4.78 is 20.0. The van der Waals surface area contributed by atoms with Crippen molar-refractivity contribution in [3.8, 4) is 5.75 Å². The summed E-state index contributed by atoms with van der Waals surface area (Å²) in [7, 11) is -0.447. The summed E-state index contributed by atoms with van der Waals surface area (Å²) in [5, 5.41) is 0. The Morgan fingerprint density at radius 1 is 1.08 bits per heavy atom. The van der Waals surface area contributed by atoms with E-state index in [9.17, 15) is 14.4 Å². The smallest absolute Gasteiger partial charge is 0.412 e. The van der Waals surface area contributed by atoms with E-state index >= 15 is 0 Å². The number of ether oxygens (including phenoxy) is 3. The first-order chi connectivity index (χ1) is 12.5. The molecule has 1 radical (unpaired) electrons. The second-order valence-electron chi connectivity index (χ2n) is 4.82. The minimum absolute atomic E-state index is 0.162. The first-order valence-electron chi connectivity index (χ1n) is 8.07. The molecule has 0 saturated heterocycles. The number of rotatable bonds is 10. The third kappa shape index (κ3) is 7.64. The first-order valence-corrected chi connectivity index (χ1v) is 9.50. The van der Waals surface area contributed by atoms with Crippen LogP contribution in [0.15, 0.2) is 41.6 Å². The van der Waals surface area contributed by atoms with Crippen molar-refractivity contribution in [2.45, 2.75) is 13.8 Å². The third-order valence-electron chi connectivity index (χ3n) is 3.00. The maximum Gasteiger partial charge on any atom is 0.412 e. The Bertz CT molecular complexity index is 617. The SMILES string of the molecule is CCOC(=O)C(=Cc1ccc(OC/C=C/[Si](O)OC)cc1)C(=O)OCC. The Morgan fingerprint density at radius 2 is 1.65 bits per heavy atom. The average Bonchev–Trinajstić information content (AvgIpc) is 2.64. The number of hydrogen-bond acceptors (Lipinski definition) is 7. The van der Waals surface area contributed by atoms with Crippen molar-refractivity contribution >= 4 is 27.3 Å². The van der Waals surface area contributed by atoms with E-state index in [2.05, 4.69) is 0 Å². The summed E-state index contributed by atoms with van der Waals surface area (Å²) in [6.45, 7) is 3.93. The maximum absolute atomic E-state index is 11.9. The van der Waals surface area contributed by atoms with Gasteiger partial charge >= 0.3 is 21.2 Å². The van der Waals surface area contributed by atoms with E-state index in [1.165, 1.54) is 13.2 Å². The van der Waals surface area contributed by atoms with Crippen LogP contribution in [0.25, 0.3) is 6.08 Å². The number of esters is 2. The largest absolute Gasteiger partial charge is 0.490 e. The molecule has 0 amide bonds. The lowest BCUT2D eigenvalue weighted by Gasteiger charge is -2.07. The van der Waals surface area contributed by atoms with Crippen molar-refractivity contribution in [1.82, 2.24) is 0 Å². The Hall–Kier alpha value is -2.42. The van der Waals surface area contributed by atoms with Gasteiger partial charge < -0.3 is 23.4 Å². The molecule has 1 rings (SSSR count). The van der Waals surface area contributed by atoms with Gasteiger partial charge in [-0.3, -0.25) is 0 Å². The zero-order valence-corrected chi connectivity index (χ0v) is 16.1. The summed E-state index contributed by atoms with van der Waals surface area (Å²) in [4.78, 5) is 33.2. The molecule has 0 unspecified atom stereocenters. The molecule has 0 fully saturated rings. The van der Waals surface area contributed by atoms with Gasteiger partial charge in [-0.15, -0.1) is 0 Å². The van der Waals surface area contributed by atoms with Gasteiger partial charge in [-0.2, -0.15) is 0 Å². The predicted octanol–water partition coefficient (Wildman–Crippen LogP) is 1.80. The number of carbonyl (C=O) groups is 2. The molecule has 7 nitrogen and oxygen atoms in total. The van der Waals surface area contributed by atoms with Gasteiger partial charge in [0.1, 0.15) is 17.9 Å². The van der Waals surface area contributed by atoms with Crippen LogP contribution in [0.1, 0.15) is 19.4 Å². The van der Waals surface area contributed by atoms with Crippen LogP contribution in [-0.4, -0.2) is 52.9 Å². The van der Waals surface area contributed by atoms with Crippen molar-refractivity contribution in [3.05, 3.63) is 47.2 Å². The number of carbonyl (C=O) groups excluding carboxylic acids is 2. The van der Waals surface area contributed by atoms with Crippen LogP contribution >= 0.6 is 0 Å². The van der Waals surface area contributed by atoms with Gasteiger partial charge in [0.05, 0.1) is 13.2 Å². The molecular formula is C18H23O7Si. The highest BCUT2D eigenvalue weighted by molar-refractivity contribution is 6.49. The van der Waals surface area contributed by atoms with Crippen LogP contribution in [0.4, 0.5) is 0 Å². The van der Waals surface area contributed by atoms with E-state index in [1.54, 1.807) is 49.9 Å². The van der Waals surface area contributed by atoms with Gasteiger partial charge in [0.2, 0.25) is 0 Å². The molecule has 0 aliphatic carbocycles. The molecule has 0 atom stereocenters. The van der Waals surface area contributed by atoms with Gasteiger partial charge in [-0.25, -0.2) is 9.59 Å². The lowest BCUT2D eigenvalue weighted by Crippen LogP contribution is -2.18. The summed E-state index contributed by atoms with van der Waals surface area (Å²) in [6.07, 6.45) is 3.09. The van der Waals surface area contributed by atoms with E-state index < -0.39 is 21.2 Å². The Kier molecular flexibility index (Phi) is 9.99. The fourth-order valence-corrected chi connectivity index (χ4v) is 2.24. The highest BCUT2D eigenvalue weighted by Crippen LogP contribution is 2.16. The number of hydrogen-bond donors (Lipinski definition) is 1. The zero-order chi connectivity index (χ0) is 19.4. The maximum atomic E-state index is 11.9. The molecule has 0 saturated carbocycles. The minimum Gasteiger partial charge on any atom is -0.490 e. The predicted molar refractivity (Wildman–Crippen MR) is 97.3 cm³/mol. The lowest BCUT2D eigenvalue weighted by molar-refractivity contribution is -0.146. The van der Waals surface area contributed by atoms with E-state index in [1.807, 2.05) is 0 Å². The molecule has 0 aromatic heterocycles. The highest BCUT2D eigenvalue weighted by Gasteiger charge is 2.20. The molecular weight excluding hydrogens is 356 g/mol. The lowest BCUT2D eigenvalue weighted by atomic mass is 10.1. The minimum atomic E-state index is -1.88. The van der Waals surface area contributed by atoms with E-state index in [0.717, 1.165) is 0 Å². The van der Waals surface area contributed by atoms with Crippen molar-refractivity contribution in [2.75, 3.05) is 26.9 Å². The second-order valence-corrected chi connectivity index (χ2v) is 6.24. The number of benzene rings is 1. The average molecular weight is 379 g/mol. The van der Waals surface area contributed by atoms with Crippen LogP contribution < -0.4 is 4.74 Å². The summed E-state index contributed by atoms with van der Waals surface area (Å²) in [5.74, 6) is -0.850. The van der Waals surface area contributed by atoms with Crippen molar-refractivity contribution in [2.24, 2.45) is 0 Å². The topological polar surface area (TPSA) is 91.3 Å². The molecule has 0 heterocycles. The summed E-state index contributed by atoms with van der Waals surface area (Å²) in [6, 6.07) is 6.81. The summed E-state index contributed by atoms with van der Waals surface area (Å²) >= 11 is 0. The van der Waals surface area contributed by atoms with Gasteiger partial charge in [0.25, 0.3) is 0 Å². The standard InChI is InChI=1S/C18H23O7Si/c1-4-23-17(19)16(18(20)24-5-2)13-14-7-9-15(10-8-14)25-11-6-12-26(21)22-3/h6-10,12-13,21H,4-5,11H2,1-3H3/b12-6+. The Labute approximate surface area is 154 Å². The third-order valence-corrected chi connectivity index (χ3v) is 3.94. The monoisotopic (exact) mass is 379 g/mol. The fraction of sp³-hybridized carbons (Fsp3) is 0.333. The molecule has 1 aromatic carbocycles. The van der Waals surface area contributed by atoms with E-state index in [4.69, 9.17) is 18.6 Å². The summed E-state index contributed by atoms with van der Waals surface area (Å²) in [5.41, 5.74) is 2.03. The molecule has 0 aliphatic heterocycles. The highest BCUT2D eigenvalue weighted by atomic mass is 28.3. The first kappa shape index (κ1) is 21.6.